The molecule has 1 aromatic carbocycles. The zero-order valence-electron chi connectivity index (χ0n) is 20.3. The predicted octanol–water partition coefficient (Wildman–Crippen LogP) is 2.47. The van der Waals surface area contributed by atoms with Crippen LogP contribution in [0, 0.1) is 5.92 Å². The van der Waals surface area contributed by atoms with Crippen LogP contribution in [-0.4, -0.2) is 82.8 Å². The van der Waals surface area contributed by atoms with Crippen LogP contribution in [0.5, 0.6) is 5.75 Å². The van der Waals surface area contributed by atoms with E-state index in [1.807, 2.05) is 4.90 Å². The molecule has 0 aliphatic carbocycles. The van der Waals surface area contributed by atoms with Crippen LogP contribution in [0.4, 0.5) is 16.7 Å². The largest absolute Gasteiger partial charge is 0.480 e. The summed E-state index contributed by atoms with van der Waals surface area (Å²) in [6.45, 7) is 3.05. The third-order valence-electron chi connectivity index (χ3n) is 5.46. The van der Waals surface area contributed by atoms with Gasteiger partial charge in [0.1, 0.15) is 11.8 Å². The van der Waals surface area contributed by atoms with Gasteiger partial charge in [-0.3, -0.25) is 4.79 Å². The minimum absolute atomic E-state index is 0.00666. The van der Waals surface area contributed by atoms with Gasteiger partial charge in [0.2, 0.25) is 17.2 Å². The summed E-state index contributed by atoms with van der Waals surface area (Å²) in [5.41, 5.74) is 0.688. The highest BCUT2D eigenvalue weighted by Gasteiger charge is 2.29. The number of piperidine rings is 1. The fraction of sp³-hybridized carbons (Fsp3) is 0.478. The lowest BCUT2D eigenvalue weighted by molar-refractivity contribution is -0.148. The Hall–Kier alpha value is -3.67. The van der Waals surface area contributed by atoms with Crippen LogP contribution >= 0.6 is 11.6 Å². The molecule has 1 aliphatic rings. The van der Waals surface area contributed by atoms with Crippen molar-refractivity contribution in [2.45, 2.75) is 32.2 Å². The molecule has 2 heterocycles. The highest BCUT2D eigenvalue weighted by Crippen LogP contribution is 2.23. The quantitative estimate of drug-likeness (QED) is 0.470. The first-order valence-corrected chi connectivity index (χ1v) is 11.8. The van der Waals surface area contributed by atoms with E-state index in [2.05, 4.69) is 20.3 Å². The number of nitrogens with zero attached hydrogens (tertiary/aromatic N) is 5. The number of aromatic nitrogens is 3. The fourth-order valence-electron chi connectivity index (χ4n) is 3.63. The van der Waals surface area contributed by atoms with Crippen LogP contribution in [0.25, 0.3) is 0 Å². The number of carboxylic acids is 1. The molecule has 2 aromatic rings. The van der Waals surface area contributed by atoms with E-state index in [0.29, 0.717) is 37.4 Å². The number of carbonyl (C=O) groups is 3. The molecule has 1 aliphatic heterocycles. The number of rotatable bonds is 9. The molecule has 2 N–H and O–H groups in total. The van der Waals surface area contributed by atoms with Gasteiger partial charge in [-0.05, 0) is 49.1 Å². The van der Waals surface area contributed by atoms with E-state index in [1.165, 1.54) is 4.90 Å². The number of ether oxygens (including phenoxy) is 2. The van der Waals surface area contributed by atoms with Gasteiger partial charge in [0.05, 0.1) is 12.5 Å². The summed E-state index contributed by atoms with van der Waals surface area (Å²) in [6, 6.07) is 5.45. The van der Waals surface area contributed by atoms with Crippen molar-refractivity contribution in [2.24, 2.45) is 5.92 Å². The molecule has 0 bridgehead atoms. The van der Waals surface area contributed by atoms with Crippen molar-refractivity contribution in [1.82, 2.24) is 19.9 Å². The van der Waals surface area contributed by atoms with Crippen molar-refractivity contribution in [2.75, 3.05) is 44.0 Å². The van der Waals surface area contributed by atoms with Gasteiger partial charge >= 0.3 is 18.0 Å². The molecule has 3 rings (SSSR count). The Morgan fingerprint density at radius 3 is 2.58 bits per heavy atom. The van der Waals surface area contributed by atoms with E-state index in [-0.39, 0.29) is 35.5 Å². The number of nitrogens with one attached hydrogen (secondary N) is 1. The molecule has 0 saturated carbocycles. The number of esters is 1. The van der Waals surface area contributed by atoms with Gasteiger partial charge in [-0.2, -0.15) is 15.0 Å². The second-order valence-electron chi connectivity index (χ2n) is 8.41. The molecule has 36 heavy (non-hydrogen) atoms. The second kappa shape index (κ2) is 12.3. The molecule has 1 fully saturated rings. The molecular weight excluding hydrogens is 492 g/mol. The maximum Gasteiger partial charge on any atom is 0.414 e. The zero-order chi connectivity index (χ0) is 26.2. The van der Waals surface area contributed by atoms with Gasteiger partial charge in [0.15, 0.2) is 0 Å². The van der Waals surface area contributed by atoms with E-state index < -0.39 is 18.1 Å². The van der Waals surface area contributed by atoms with Crippen LogP contribution in [-0.2, 0) is 20.7 Å². The topological polar surface area (TPSA) is 147 Å². The monoisotopic (exact) mass is 520 g/mol. The van der Waals surface area contributed by atoms with Crippen LogP contribution in [0.1, 0.15) is 25.3 Å². The number of carbonyl (C=O) groups excluding carboxylic acids is 2. The molecule has 2 atom stereocenters. The fourth-order valence-corrected chi connectivity index (χ4v) is 3.79. The second-order valence-corrected chi connectivity index (χ2v) is 8.75. The average Bonchev–Trinajstić information content (AvgIpc) is 2.84. The maximum atomic E-state index is 12.2. The molecular formula is C23H29ClN6O6. The number of aliphatic carboxylic acids is 1. The molecule has 13 heteroatoms. The standard InChI is InChI=1S/C23H29ClN6O6/c1-4-35-19(33)15-6-5-11-30(13-15)22-27-20(24)26-21(28-22)25-17(18(31)32)12-14-7-9-16(10-8-14)36-23(34)29(2)3/h7-10,15,17H,4-6,11-13H2,1-3H3,(H,31,32)(H,25,26,27,28)/t15?,17-/m0/s1. The summed E-state index contributed by atoms with van der Waals surface area (Å²) in [5, 5.41) is 12.5. The van der Waals surface area contributed by atoms with E-state index >= 15 is 0 Å². The number of halogens is 1. The van der Waals surface area contributed by atoms with Crippen LogP contribution < -0.4 is 15.0 Å². The lowest BCUT2D eigenvalue weighted by Crippen LogP contribution is -2.40. The summed E-state index contributed by atoms with van der Waals surface area (Å²) in [7, 11) is 3.14. The first-order valence-electron chi connectivity index (χ1n) is 11.5. The van der Waals surface area contributed by atoms with Gasteiger partial charge in [0.25, 0.3) is 0 Å². The molecule has 12 nitrogen and oxygen atoms in total. The van der Waals surface area contributed by atoms with Crippen molar-refractivity contribution in [3.8, 4) is 5.75 Å². The van der Waals surface area contributed by atoms with Gasteiger partial charge < -0.3 is 29.7 Å². The third-order valence-corrected chi connectivity index (χ3v) is 5.62. The number of carboxylic acid groups (broad SMARTS) is 1. The first kappa shape index (κ1) is 26.9. The Bertz CT molecular complexity index is 1080. The average molecular weight is 521 g/mol. The molecule has 1 saturated heterocycles. The number of amides is 1. The van der Waals surface area contributed by atoms with Gasteiger partial charge in [-0.15, -0.1) is 0 Å². The minimum atomic E-state index is -1.11. The number of anilines is 2. The van der Waals surface area contributed by atoms with Gasteiger partial charge in [-0.25, -0.2) is 9.59 Å². The smallest absolute Gasteiger partial charge is 0.414 e. The van der Waals surface area contributed by atoms with E-state index in [4.69, 9.17) is 21.1 Å². The van der Waals surface area contributed by atoms with Gasteiger partial charge in [-0.1, -0.05) is 12.1 Å². The van der Waals surface area contributed by atoms with Crippen molar-refractivity contribution in [1.29, 1.82) is 0 Å². The van der Waals surface area contributed by atoms with Crippen molar-refractivity contribution in [3.05, 3.63) is 35.1 Å². The molecule has 0 spiro atoms. The summed E-state index contributed by atoms with van der Waals surface area (Å²) in [6.07, 6.45) is 1.03. The van der Waals surface area contributed by atoms with Crippen molar-refractivity contribution in [3.63, 3.8) is 0 Å². The highest BCUT2D eigenvalue weighted by molar-refractivity contribution is 6.28. The highest BCUT2D eigenvalue weighted by atomic mass is 35.5. The van der Waals surface area contributed by atoms with E-state index in [0.717, 1.165) is 6.42 Å². The Kier molecular flexibility index (Phi) is 9.23. The third kappa shape index (κ3) is 7.41. The molecule has 1 amide bonds. The molecule has 194 valence electrons. The normalized spacial score (nSPS) is 16.1. The molecule has 1 unspecified atom stereocenters. The van der Waals surface area contributed by atoms with Crippen LogP contribution in [0.3, 0.4) is 0 Å². The summed E-state index contributed by atoms with van der Waals surface area (Å²) >= 11 is 6.11. The Morgan fingerprint density at radius 2 is 1.94 bits per heavy atom. The first-order chi connectivity index (χ1) is 17.2. The minimum Gasteiger partial charge on any atom is -0.480 e. The van der Waals surface area contributed by atoms with Crippen molar-refractivity contribution < 1.29 is 29.0 Å². The lowest BCUT2D eigenvalue weighted by atomic mass is 9.98. The van der Waals surface area contributed by atoms with Crippen LogP contribution in [0.15, 0.2) is 24.3 Å². The predicted molar refractivity (Wildman–Crippen MR) is 131 cm³/mol. The maximum absolute atomic E-state index is 12.2. The number of benzene rings is 1. The summed E-state index contributed by atoms with van der Waals surface area (Å²) < 4.78 is 10.3. The Labute approximate surface area is 213 Å². The molecule has 0 radical (unpaired) electrons. The van der Waals surface area contributed by atoms with Crippen LogP contribution in [0.2, 0.25) is 5.28 Å². The Morgan fingerprint density at radius 1 is 1.22 bits per heavy atom. The lowest BCUT2D eigenvalue weighted by Gasteiger charge is -2.31. The number of hydrogen-bond donors (Lipinski definition) is 2. The van der Waals surface area contributed by atoms with E-state index in [1.54, 1.807) is 45.3 Å². The van der Waals surface area contributed by atoms with Gasteiger partial charge in [0, 0.05) is 33.6 Å². The number of hydrogen-bond acceptors (Lipinski definition) is 10. The summed E-state index contributed by atoms with van der Waals surface area (Å²) in [4.78, 5) is 51.5. The molecule has 1 aromatic heterocycles. The van der Waals surface area contributed by atoms with E-state index in [9.17, 15) is 19.5 Å². The summed E-state index contributed by atoms with van der Waals surface area (Å²) in [5.74, 6) is -1.09. The SMILES string of the molecule is CCOC(=O)C1CCCN(c2nc(Cl)nc(N[C@@H](Cc3ccc(OC(=O)N(C)C)cc3)C(=O)O)n2)C1. The van der Waals surface area contributed by atoms with Crippen molar-refractivity contribution >= 4 is 41.5 Å². The Balaban J connectivity index is 1.70. The zero-order valence-corrected chi connectivity index (χ0v) is 21.1.